The normalized spacial score (nSPS) is 23.5. The van der Waals surface area contributed by atoms with Gasteiger partial charge in [0.1, 0.15) is 6.07 Å². The van der Waals surface area contributed by atoms with Crippen molar-refractivity contribution < 1.29 is 9.90 Å². The molecule has 0 aliphatic heterocycles. The van der Waals surface area contributed by atoms with E-state index >= 15 is 0 Å². The van der Waals surface area contributed by atoms with Crippen molar-refractivity contribution in [3.63, 3.8) is 0 Å². The summed E-state index contributed by atoms with van der Waals surface area (Å²) in [7, 11) is 0. The number of carboxylic acid groups (broad SMARTS) is 1. The first-order valence-corrected chi connectivity index (χ1v) is 5.74. The molecule has 0 radical (unpaired) electrons. The minimum atomic E-state index is -0.762. The summed E-state index contributed by atoms with van der Waals surface area (Å²) in [4.78, 5) is 12.1. The Balaban J connectivity index is 2.04. The number of carboxylic acids is 1. The molecule has 1 aromatic rings. The van der Waals surface area contributed by atoms with E-state index in [0.717, 1.165) is 19.3 Å². The van der Waals surface area contributed by atoms with Crippen LogP contribution in [0.5, 0.6) is 0 Å². The molecule has 2 atom stereocenters. The fraction of sp³-hybridized carbons (Fsp3) is 0.636. The molecule has 0 saturated heterocycles. The van der Waals surface area contributed by atoms with Crippen LogP contribution in [0.3, 0.4) is 0 Å². The van der Waals surface area contributed by atoms with Crippen LogP contribution < -0.4 is 0 Å². The third-order valence-electron chi connectivity index (χ3n) is 3.27. The lowest BCUT2D eigenvalue weighted by molar-refractivity contribution is -0.137. The summed E-state index contributed by atoms with van der Waals surface area (Å²) in [5, 5.41) is 25.6. The molecule has 17 heavy (non-hydrogen) atoms. The first-order chi connectivity index (χ1) is 8.20. The van der Waals surface area contributed by atoms with Crippen molar-refractivity contribution in [3.8, 4) is 6.07 Å². The molecule has 1 heterocycles. The highest BCUT2D eigenvalue weighted by Crippen LogP contribution is 2.37. The molecular weight excluding hydrogens is 220 g/mol. The number of carbonyl (C=O) groups is 1. The fourth-order valence-corrected chi connectivity index (χ4v) is 2.45. The van der Waals surface area contributed by atoms with E-state index in [2.05, 4.69) is 10.2 Å². The first kappa shape index (κ1) is 11.6. The average molecular weight is 234 g/mol. The molecule has 0 bridgehead atoms. The summed E-state index contributed by atoms with van der Waals surface area (Å²) in [6.45, 7) is 0. The van der Waals surface area contributed by atoms with Gasteiger partial charge in [0, 0.05) is 6.42 Å². The molecule has 90 valence electrons. The van der Waals surface area contributed by atoms with Crippen LogP contribution in [0.25, 0.3) is 0 Å². The van der Waals surface area contributed by atoms with Crippen LogP contribution in [0, 0.1) is 17.2 Å². The molecule has 1 aliphatic carbocycles. The number of rotatable bonds is 4. The van der Waals surface area contributed by atoms with Crippen LogP contribution >= 0.6 is 0 Å². The minimum Gasteiger partial charge on any atom is -0.481 e. The van der Waals surface area contributed by atoms with E-state index in [0.29, 0.717) is 18.0 Å². The number of aliphatic carboxylic acids is 1. The topological polar surface area (TPSA) is 91.8 Å². The average Bonchev–Trinajstić information content (AvgIpc) is 2.94. The van der Waals surface area contributed by atoms with Gasteiger partial charge in [-0.3, -0.25) is 4.79 Å². The van der Waals surface area contributed by atoms with Gasteiger partial charge in [0.15, 0.2) is 5.69 Å². The number of hydrogen-bond donors (Lipinski definition) is 1. The molecule has 6 heteroatoms. The number of hydrogen-bond acceptors (Lipinski definition) is 4. The van der Waals surface area contributed by atoms with Crippen molar-refractivity contribution in [2.24, 2.45) is 5.92 Å². The summed E-state index contributed by atoms with van der Waals surface area (Å²) in [6, 6.07) is 2.10. The van der Waals surface area contributed by atoms with E-state index in [4.69, 9.17) is 10.4 Å². The summed E-state index contributed by atoms with van der Waals surface area (Å²) < 4.78 is 0. The fourth-order valence-electron chi connectivity index (χ4n) is 2.45. The monoisotopic (exact) mass is 234 g/mol. The highest BCUT2D eigenvalue weighted by Gasteiger charge is 2.30. The Hall–Kier alpha value is -1.90. The standard InChI is InChI=1S/C11H14N4O2/c12-6-9-7-13-15(14-9)10-3-1-2-8(10)4-5-11(16)17/h7-8,10H,1-5H2,(H,16,17). The Morgan fingerprint density at radius 3 is 3.12 bits per heavy atom. The summed E-state index contributed by atoms with van der Waals surface area (Å²) in [5.41, 5.74) is 0.314. The van der Waals surface area contributed by atoms with Crippen LogP contribution in [-0.2, 0) is 4.79 Å². The van der Waals surface area contributed by atoms with Gasteiger partial charge < -0.3 is 5.11 Å². The van der Waals surface area contributed by atoms with Crippen molar-refractivity contribution in [3.05, 3.63) is 11.9 Å². The Morgan fingerprint density at radius 1 is 1.65 bits per heavy atom. The van der Waals surface area contributed by atoms with Gasteiger partial charge in [-0.05, 0) is 25.2 Å². The van der Waals surface area contributed by atoms with Crippen molar-refractivity contribution in [1.82, 2.24) is 15.0 Å². The molecule has 2 rings (SSSR count). The zero-order valence-electron chi connectivity index (χ0n) is 9.41. The van der Waals surface area contributed by atoms with Crippen molar-refractivity contribution >= 4 is 5.97 Å². The molecule has 0 spiro atoms. The smallest absolute Gasteiger partial charge is 0.303 e. The van der Waals surface area contributed by atoms with E-state index in [1.54, 1.807) is 4.80 Å². The molecule has 2 unspecified atom stereocenters. The van der Waals surface area contributed by atoms with E-state index in [9.17, 15) is 4.79 Å². The van der Waals surface area contributed by atoms with Gasteiger partial charge in [0.2, 0.25) is 0 Å². The second-order valence-electron chi connectivity index (χ2n) is 4.35. The van der Waals surface area contributed by atoms with Crippen LogP contribution in [-0.4, -0.2) is 26.1 Å². The van der Waals surface area contributed by atoms with Crippen LogP contribution in [0.4, 0.5) is 0 Å². The largest absolute Gasteiger partial charge is 0.481 e. The van der Waals surface area contributed by atoms with Crippen molar-refractivity contribution in [1.29, 1.82) is 5.26 Å². The number of nitrogens with zero attached hydrogens (tertiary/aromatic N) is 4. The van der Waals surface area contributed by atoms with E-state index < -0.39 is 5.97 Å². The van der Waals surface area contributed by atoms with Crippen molar-refractivity contribution in [2.45, 2.75) is 38.1 Å². The maximum atomic E-state index is 10.6. The predicted octanol–water partition coefficient (Wildman–Crippen LogP) is 1.36. The molecule has 0 aromatic carbocycles. The van der Waals surface area contributed by atoms with Crippen LogP contribution in [0.1, 0.15) is 43.8 Å². The van der Waals surface area contributed by atoms with Gasteiger partial charge in [-0.25, -0.2) is 0 Å². The van der Waals surface area contributed by atoms with Gasteiger partial charge in [-0.15, -0.1) is 5.10 Å². The molecule has 6 nitrogen and oxygen atoms in total. The van der Waals surface area contributed by atoms with Crippen LogP contribution in [0.15, 0.2) is 6.20 Å². The van der Waals surface area contributed by atoms with Crippen LogP contribution in [0.2, 0.25) is 0 Å². The minimum absolute atomic E-state index is 0.149. The molecular formula is C11H14N4O2. The lowest BCUT2D eigenvalue weighted by atomic mass is 9.98. The zero-order chi connectivity index (χ0) is 12.3. The lowest BCUT2D eigenvalue weighted by Crippen LogP contribution is -2.17. The van der Waals surface area contributed by atoms with Gasteiger partial charge in [0.25, 0.3) is 0 Å². The second-order valence-corrected chi connectivity index (χ2v) is 4.35. The summed E-state index contributed by atoms with van der Waals surface area (Å²) in [5.74, 6) is -0.452. The van der Waals surface area contributed by atoms with Gasteiger partial charge in [-0.1, -0.05) is 6.42 Å². The van der Waals surface area contributed by atoms with E-state index in [1.165, 1.54) is 6.20 Å². The Bertz CT molecular complexity index is 449. The lowest BCUT2D eigenvalue weighted by Gasteiger charge is -2.17. The van der Waals surface area contributed by atoms with E-state index in [1.807, 2.05) is 6.07 Å². The maximum absolute atomic E-state index is 10.6. The van der Waals surface area contributed by atoms with Crippen molar-refractivity contribution in [2.75, 3.05) is 0 Å². The Morgan fingerprint density at radius 2 is 2.47 bits per heavy atom. The summed E-state index contributed by atoms with van der Waals surface area (Å²) >= 11 is 0. The zero-order valence-corrected chi connectivity index (χ0v) is 9.41. The molecule has 1 aromatic heterocycles. The van der Waals surface area contributed by atoms with Gasteiger partial charge in [0.05, 0.1) is 12.2 Å². The Kier molecular flexibility index (Phi) is 3.38. The highest BCUT2D eigenvalue weighted by molar-refractivity contribution is 5.66. The SMILES string of the molecule is N#Cc1cnn(C2CCCC2CCC(=O)O)n1. The molecule has 1 aliphatic rings. The molecule has 1 fully saturated rings. The first-order valence-electron chi connectivity index (χ1n) is 5.74. The van der Waals surface area contributed by atoms with E-state index in [-0.39, 0.29) is 12.5 Å². The predicted molar refractivity (Wildman–Crippen MR) is 58.0 cm³/mol. The molecule has 1 saturated carbocycles. The number of nitriles is 1. The highest BCUT2D eigenvalue weighted by atomic mass is 16.4. The maximum Gasteiger partial charge on any atom is 0.303 e. The number of aromatic nitrogens is 3. The molecule has 1 N–H and O–H groups in total. The van der Waals surface area contributed by atoms with Gasteiger partial charge in [-0.2, -0.15) is 15.2 Å². The second kappa shape index (κ2) is 4.95. The molecule has 0 amide bonds. The third-order valence-corrected chi connectivity index (χ3v) is 3.27. The van der Waals surface area contributed by atoms with Gasteiger partial charge >= 0.3 is 5.97 Å². The third kappa shape index (κ3) is 2.61. The summed E-state index contributed by atoms with van der Waals surface area (Å²) in [6.07, 6.45) is 5.34. The quantitative estimate of drug-likeness (QED) is 0.849. The Labute approximate surface area is 98.9 Å².